The van der Waals surface area contributed by atoms with E-state index in [0.717, 1.165) is 22.3 Å². The minimum absolute atomic E-state index is 0.701. The molecule has 0 saturated heterocycles. The van der Waals surface area contributed by atoms with E-state index in [4.69, 9.17) is 5.26 Å². The van der Waals surface area contributed by atoms with Gasteiger partial charge in [0.1, 0.15) is 0 Å². The van der Waals surface area contributed by atoms with E-state index in [0.29, 0.717) is 5.56 Å². The van der Waals surface area contributed by atoms with E-state index in [1.54, 1.807) is 6.20 Å². The fourth-order valence-electron chi connectivity index (χ4n) is 1.70. The van der Waals surface area contributed by atoms with Gasteiger partial charge in [0.05, 0.1) is 11.6 Å². The van der Waals surface area contributed by atoms with E-state index >= 15 is 0 Å². The normalized spacial score (nSPS) is 9.81. The van der Waals surface area contributed by atoms with E-state index in [9.17, 15) is 0 Å². The summed E-state index contributed by atoms with van der Waals surface area (Å²) in [5, 5.41) is 9.10. The molecule has 0 aliphatic rings. The highest BCUT2D eigenvalue weighted by Crippen LogP contribution is 2.24. The van der Waals surface area contributed by atoms with Crippen molar-refractivity contribution in [2.75, 3.05) is 0 Å². The van der Waals surface area contributed by atoms with Gasteiger partial charge >= 0.3 is 0 Å². The van der Waals surface area contributed by atoms with E-state index in [2.05, 4.69) is 11.1 Å². The maximum atomic E-state index is 9.10. The van der Waals surface area contributed by atoms with Crippen LogP contribution >= 0.6 is 0 Å². The van der Waals surface area contributed by atoms with Gasteiger partial charge in [-0.3, -0.25) is 4.98 Å². The van der Waals surface area contributed by atoms with Gasteiger partial charge in [0, 0.05) is 23.5 Å². The molecule has 0 atom stereocenters. The molecule has 2 nitrogen and oxygen atoms in total. The molecule has 0 aliphatic heterocycles. The Bertz CT molecular complexity index is 565. The topological polar surface area (TPSA) is 36.7 Å². The molecular weight excluding hydrogens is 196 g/mol. The van der Waals surface area contributed by atoms with Crippen molar-refractivity contribution < 1.29 is 0 Å². The molecule has 0 spiro atoms. The maximum absolute atomic E-state index is 9.10. The second-order valence-electron chi connectivity index (χ2n) is 3.91. The average molecular weight is 208 g/mol. The molecule has 0 unspecified atom stereocenters. The van der Waals surface area contributed by atoms with Crippen molar-refractivity contribution >= 4 is 0 Å². The Morgan fingerprint density at radius 3 is 2.56 bits per heavy atom. The van der Waals surface area contributed by atoms with Crippen molar-refractivity contribution in [3.05, 3.63) is 53.3 Å². The highest BCUT2D eigenvalue weighted by Gasteiger charge is 2.05. The maximum Gasteiger partial charge on any atom is 0.0998 e. The molecule has 0 amide bonds. The second kappa shape index (κ2) is 4.16. The Hall–Kier alpha value is -2.14. The van der Waals surface area contributed by atoms with Gasteiger partial charge in [0.25, 0.3) is 0 Å². The number of aromatic nitrogens is 1. The van der Waals surface area contributed by atoms with Gasteiger partial charge in [-0.1, -0.05) is 12.1 Å². The first-order valence-corrected chi connectivity index (χ1v) is 5.13. The molecule has 1 aromatic heterocycles. The molecular formula is C14H12N2. The van der Waals surface area contributed by atoms with Crippen LogP contribution in [-0.2, 0) is 0 Å². The fourth-order valence-corrected chi connectivity index (χ4v) is 1.70. The molecule has 1 heterocycles. The Balaban J connectivity index is 2.61. The third-order valence-electron chi connectivity index (χ3n) is 2.48. The summed E-state index contributed by atoms with van der Waals surface area (Å²) in [6.07, 6.45) is 3.60. The predicted octanol–water partition coefficient (Wildman–Crippen LogP) is 3.24. The third kappa shape index (κ3) is 1.94. The summed E-state index contributed by atoms with van der Waals surface area (Å²) >= 11 is 0. The van der Waals surface area contributed by atoms with Crippen LogP contribution in [0.5, 0.6) is 0 Å². The Kier molecular flexibility index (Phi) is 2.70. The van der Waals surface area contributed by atoms with Crippen LogP contribution in [0.25, 0.3) is 11.1 Å². The van der Waals surface area contributed by atoms with Gasteiger partial charge in [-0.15, -0.1) is 0 Å². The van der Waals surface area contributed by atoms with Crippen LogP contribution in [-0.4, -0.2) is 4.98 Å². The molecule has 16 heavy (non-hydrogen) atoms. The number of nitriles is 1. The van der Waals surface area contributed by atoms with Crippen LogP contribution in [0.15, 0.2) is 36.7 Å². The zero-order chi connectivity index (χ0) is 11.5. The lowest BCUT2D eigenvalue weighted by molar-refractivity contribution is 1.27. The minimum atomic E-state index is 0.701. The number of nitrogens with zero attached hydrogens (tertiary/aromatic N) is 2. The number of hydrogen-bond donors (Lipinski definition) is 0. The smallest absolute Gasteiger partial charge is 0.0998 e. The minimum Gasteiger partial charge on any atom is -0.264 e. The summed E-state index contributed by atoms with van der Waals surface area (Å²) in [5.74, 6) is 0. The van der Waals surface area contributed by atoms with Crippen molar-refractivity contribution in [2.45, 2.75) is 13.8 Å². The lowest BCUT2D eigenvalue weighted by atomic mass is 9.99. The first-order valence-electron chi connectivity index (χ1n) is 5.13. The van der Waals surface area contributed by atoms with E-state index in [-0.39, 0.29) is 0 Å². The third-order valence-corrected chi connectivity index (χ3v) is 2.48. The molecule has 0 bridgehead atoms. The van der Waals surface area contributed by atoms with Crippen molar-refractivity contribution in [2.24, 2.45) is 0 Å². The largest absolute Gasteiger partial charge is 0.264 e. The molecule has 2 rings (SSSR count). The highest BCUT2D eigenvalue weighted by atomic mass is 14.6. The number of rotatable bonds is 1. The zero-order valence-electron chi connectivity index (χ0n) is 9.36. The van der Waals surface area contributed by atoms with E-state index in [1.165, 1.54) is 0 Å². The van der Waals surface area contributed by atoms with Crippen molar-refractivity contribution in [1.82, 2.24) is 4.98 Å². The summed E-state index contributed by atoms with van der Waals surface area (Å²) in [6.45, 7) is 3.98. The van der Waals surface area contributed by atoms with E-state index in [1.807, 2.05) is 44.3 Å². The van der Waals surface area contributed by atoms with E-state index < -0.39 is 0 Å². The molecule has 0 saturated carbocycles. The monoisotopic (exact) mass is 208 g/mol. The summed E-state index contributed by atoms with van der Waals surface area (Å²) in [4.78, 5) is 4.15. The molecule has 2 heteroatoms. The molecule has 0 N–H and O–H groups in total. The molecule has 78 valence electrons. The van der Waals surface area contributed by atoms with Crippen LogP contribution in [0, 0.1) is 25.2 Å². The van der Waals surface area contributed by atoms with Gasteiger partial charge in [-0.05, 0) is 37.1 Å². The standard InChI is InChI=1S/C14H12N2/c1-10-3-4-14(12(5-10)7-15)13-6-11(2)8-16-9-13/h3-6,8-9H,1-2H3. The fraction of sp³-hybridized carbons (Fsp3) is 0.143. The number of pyridine rings is 1. The predicted molar refractivity (Wildman–Crippen MR) is 63.9 cm³/mol. The Morgan fingerprint density at radius 1 is 1.06 bits per heavy atom. The number of benzene rings is 1. The van der Waals surface area contributed by atoms with Crippen LogP contribution in [0.4, 0.5) is 0 Å². The quantitative estimate of drug-likeness (QED) is 0.721. The molecule has 0 aliphatic carbocycles. The van der Waals surface area contributed by atoms with Crippen molar-refractivity contribution in [1.29, 1.82) is 5.26 Å². The summed E-state index contributed by atoms with van der Waals surface area (Å²) in [6, 6.07) is 10.2. The van der Waals surface area contributed by atoms with Gasteiger partial charge in [0.15, 0.2) is 0 Å². The van der Waals surface area contributed by atoms with Crippen molar-refractivity contribution in [3.63, 3.8) is 0 Å². The highest BCUT2D eigenvalue weighted by molar-refractivity contribution is 5.70. The molecule has 1 aromatic carbocycles. The first kappa shape index (κ1) is 10.4. The van der Waals surface area contributed by atoms with Crippen molar-refractivity contribution in [3.8, 4) is 17.2 Å². The van der Waals surface area contributed by atoms with Crippen LogP contribution in [0.2, 0.25) is 0 Å². The van der Waals surface area contributed by atoms with Gasteiger partial charge in [-0.2, -0.15) is 5.26 Å². The number of aryl methyl sites for hydroxylation is 2. The summed E-state index contributed by atoms with van der Waals surface area (Å²) in [7, 11) is 0. The van der Waals surface area contributed by atoms with Crippen LogP contribution < -0.4 is 0 Å². The zero-order valence-corrected chi connectivity index (χ0v) is 9.36. The Labute approximate surface area is 95.2 Å². The Morgan fingerprint density at radius 2 is 1.88 bits per heavy atom. The van der Waals surface area contributed by atoms with Crippen LogP contribution in [0.1, 0.15) is 16.7 Å². The van der Waals surface area contributed by atoms with Gasteiger partial charge < -0.3 is 0 Å². The molecule has 0 radical (unpaired) electrons. The summed E-state index contributed by atoms with van der Waals surface area (Å²) < 4.78 is 0. The lowest BCUT2D eigenvalue weighted by Gasteiger charge is -2.05. The van der Waals surface area contributed by atoms with Crippen LogP contribution in [0.3, 0.4) is 0 Å². The van der Waals surface area contributed by atoms with Gasteiger partial charge in [0.2, 0.25) is 0 Å². The number of hydrogen-bond acceptors (Lipinski definition) is 2. The average Bonchev–Trinajstić information content (AvgIpc) is 2.28. The molecule has 0 fully saturated rings. The second-order valence-corrected chi connectivity index (χ2v) is 3.91. The lowest BCUT2D eigenvalue weighted by Crippen LogP contribution is -1.87. The van der Waals surface area contributed by atoms with Gasteiger partial charge in [-0.25, -0.2) is 0 Å². The summed E-state index contributed by atoms with van der Waals surface area (Å²) in [5.41, 5.74) is 4.84. The molecule has 2 aromatic rings. The first-order chi connectivity index (χ1) is 7.70. The SMILES string of the molecule is Cc1cncc(-c2ccc(C)cc2C#N)c1.